The molecular weight excluding hydrogens is 507 g/mol. The summed E-state index contributed by atoms with van der Waals surface area (Å²) in [6.45, 7) is 3.20. The van der Waals surface area contributed by atoms with Crippen LogP contribution in [0.2, 0.25) is 0 Å². The molecule has 0 bridgehead atoms. The summed E-state index contributed by atoms with van der Waals surface area (Å²) in [5.74, 6) is 0. The van der Waals surface area contributed by atoms with E-state index in [0.29, 0.717) is 6.42 Å². The second-order valence-corrected chi connectivity index (χ2v) is 11.4. The molecule has 40 heavy (non-hydrogen) atoms. The highest BCUT2D eigenvalue weighted by Gasteiger charge is 2.25. The quantitative estimate of drug-likeness (QED) is 0.0981. The highest BCUT2D eigenvalue weighted by molar-refractivity contribution is 6.08. The lowest BCUT2D eigenvalue weighted by molar-refractivity contribution is -0.135. The van der Waals surface area contributed by atoms with Gasteiger partial charge in [0.15, 0.2) is 0 Å². The van der Waals surface area contributed by atoms with Crippen LogP contribution in [0.5, 0.6) is 0 Å². The molecule has 0 radical (unpaired) electrons. The number of fused-ring (bicyclic) bond motifs is 4. The van der Waals surface area contributed by atoms with Gasteiger partial charge >= 0.3 is 6.18 Å². The van der Waals surface area contributed by atoms with Gasteiger partial charge in [0.2, 0.25) is 0 Å². The Morgan fingerprint density at radius 2 is 1.43 bits per heavy atom. The van der Waals surface area contributed by atoms with E-state index < -0.39 is 12.6 Å². The number of halogens is 3. The number of hydrogen-bond donors (Lipinski definition) is 1. The molecule has 0 amide bonds. The molecule has 0 aliphatic heterocycles. The second-order valence-electron chi connectivity index (χ2n) is 11.4. The monoisotopic (exact) mass is 553 g/mol. The molecule has 3 nitrogen and oxygen atoms in total. The van der Waals surface area contributed by atoms with Gasteiger partial charge in [-0.3, -0.25) is 4.68 Å². The summed E-state index contributed by atoms with van der Waals surface area (Å²) in [5, 5.41) is 3.57. The van der Waals surface area contributed by atoms with Gasteiger partial charge in [-0.15, -0.1) is 0 Å². The minimum absolute atomic E-state index is 0.256. The summed E-state index contributed by atoms with van der Waals surface area (Å²) in [5.41, 5.74) is 8.23. The van der Waals surface area contributed by atoms with Crippen LogP contribution in [0, 0.1) is 0 Å². The number of para-hydroxylation sites is 1. The SMILES string of the molecule is CCCCCCCCCNn1cc(CCCCCCCCCC(F)(F)F)c2ccc3cc4ccccc4nc3c21. The minimum Gasteiger partial charge on any atom is -0.326 e. The molecule has 2 aromatic heterocycles. The van der Waals surface area contributed by atoms with Gasteiger partial charge in [-0.2, -0.15) is 13.2 Å². The number of aryl methyl sites for hydroxylation is 1. The average Bonchev–Trinajstić information content (AvgIpc) is 3.29. The summed E-state index contributed by atoms with van der Waals surface area (Å²) in [6, 6.07) is 15.0. The number of hydrogen-bond acceptors (Lipinski definition) is 2. The van der Waals surface area contributed by atoms with Crippen LogP contribution >= 0.6 is 0 Å². The van der Waals surface area contributed by atoms with Gasteiger partial charge in [-0.25, -0.2) is 4.98 Å². The van der Waals surface area contributed by atoms with Crippen molar-refractivity contribution in [2.45, 2.75) is 116 Å². The highest BCUT2D eigenvalue weighted by Crippen LogP contribution is 2.31. The lowest BCUT2D eigenvalue weighted by atomic mass is 10.0. The van der Waals surface area contributed by atoms with E-state index in [0.717, 1.165) is 78.8 Å². The maximum Gasteiger partial charge on any atom is 0.389 e. The van der Waals surface area contributed by atoms with Crippen LogP contribution in [0.15, 0.2) is 48.7 Å². The van der Waals surface area contributed by atoms with Gasteiger partial charge in [0.1, 0.15) is 0 Å². The van der Waals surface area contributed by atoms with Crippen molar-refractivity contribution in [1.29, 1.82) is 0 Å². The van der Waals surface area contributed by atoms with Crippen LogP contribution in [-0.2, 0) is 6.42 Å². The first-order valence-electron chi connectivity index (χ1n) is 15.6. The van der Waals surface area contributed by atoms with Crippen molar-refractivity contribution in [1.82, 2.24) is 9.66 Å². The third kappa shape index (κ3) is 8.87. The molecule has 0 aliphatic rings. The fourth-order valence-corrected chi connectivity index (χ4v) is 5.75. The third-order valence-corrected chi connectivity index (χ3v) is 8.00. The van der Waals surface area contributed by atoms with Crippen molar-refractivity contribution in [3.63, 3.8) is 0 Å². The maximum atomic E-state index is 12.3. The third-order valence-electron chi connectivity index (χ3n) is 8.00. The van der Waals surface area contributed by atoms with E-state index in [1.54, 1.807) is 0 Å². The molecule has 0 saturated carbocycles. The predicted molar refractivity (Wildman–Crippen MR) is 164 cm³/mol. The van der Waals surface area contributed by atoms with Crippen LogP contribution in [-0.4, -0.2) is 22.4 Å². The number of nitrogens with zero attached hydrogens (tertiary/aromatic N) is 2. The van der Waals surface area contributed by atoms with Crippen LogP contribution in [0.1, 0.15) is 109 Å². The van der Waals surface area contributed by atoms with Crippen LogP contribution in [0.3, 0.4) is 0 Å². The van der Waals surface area contributed by atoms with E-state index in [4.69, 9.17) is 4.98 Å². The standard InChI is InChI=1S/C34H46F3N3/c1-2-3-4-5-9-12-17-24-38-40-26-29(19-13-10-7-6-8-11-16-23-34(35,36)37)30-22-21-28-25-27-18-14-15-20-31(27)39-32(28)33(30)40/h14-15,18,20-22,25-26,38H,2-13,16-17,19,23-24H2,1H3. The van der Waals surface area contributed by atoms with Crippen molar-refractivity contribution in [2.75, 3.05) is 12.0 Å². The molecule has 0 saturated heterocycles. The zero-order chi connectivity index (χ0) is 28.2. The van der Waals surface area contributed by atoms with Crippen LogP contribution in [0.4, 0.5) is 13.2 Å². The average molecular weight is 554 g/mol. The first kappa shape index (κ1) is 30.2. The molecular formula is C34H46F3N3. The lowest BCUT2D eigenvalue weighted by Gasteiger charge is -2.11. The molecule has 4 aromatic rings. The first-order valence-corrected chi connectivity index (χ1v) is 15.6. The molecule has 218 valence electrons. The zero-order valence-electron chi connectivity index (χ0n) is 24.2. The number of unbranched alkanes of at least 4 members (excludes halogenated alkanes) is 12. The Kier molecular flexibility index (Phi) is 11.6. The zero-order valence-corrected chi connectivity index (χ0v) is 24.2. The Morgan fingerprint density at radius 3 is 2.17 bits per heavy atom. The highest BCUT2D eigenvalue weighted by atomic mass is 19.4. The van der Waals surface area contributed by atoms with Gasteiger partial charge in [-0.1, -0.05) is 108 Å². The van der Waals surface area contributed by atoms with Gasteiger partial charge in [0.25, 0.3) is 0 Å². The van der Waals surface area contributed by atoms with Crippen LogP contribution < -0.4 is 5.43 Å². The Bertz CT molecular complexity index is 1330. The first-order chi connectivity index (χ1) is 19.5. The number of alkyl halides is 3. The van der Waals surface area contributed by atoms with E-state index in [9.17, 15) is 13.2 Å². The largest absolute Gasteiger partial charge is 0.389 e. The number of rotatable bonds is 18. The van der Waals surface area contributed by atoms with E-state index in [-0.39, 0.29) is 6.42 Å². The smallest absolute Gasteiger partial charge is 0.326 e. The normalized spacial score (nSPS) is 12.2. The Labute approximate surface area is 237 Å². The van der Waals surface area contributed by atoms with Gasteiger partial charge < -0.3 is 5.43 Å². The molecule has 0 spiro atoms. The molecule has 0 atom stereocenters. The number of nitrogens with one attached hydrogen (secondary N) is 1. The van der Waals surface area contributed by atoms with Crippen molar-refractivity contribution in [3.05, 3.63) is 54.2 Å². The summed E-state index contributed by atoms with van der Waals surface area (Å²) in [7, 11) is 0. The topological polar surface area (TPSA) is 29.9 Å². The van der Waals surface area contributed by atoms with Gasteiger partial charge in [0, 0.05) is 35.3 Å². The molecule has 2 aromatic carbocycles. The number of benzene rings is 2. The van der Waals surface area contributed by atoms with E-state index in [1.807, 2.05) is 6.07 Å². The van der Waals surface area contributed by atoms with Crippen LogP contribution in [0.25, 0.3) is 32.7 Å². The molecule has 6 heteroatoms. The number of pyridine rings is 1. The lowest BCUT2D eigenvalue weighted by Crippen LogP contribution is -2.15. The fraction of sp³-hybridized carbons (Fsp3) is 0.559. The number of aromatic nitrogens is 2. The van der Waals surface area contributed by atoms with E-state index in [2.05, 4.69) is 59.6 Å². The molecule has 0 fully saturated rings. The molecule has 4 rings (SSSR count). The van der Waals surface area contributed by atoms with Crippen molar-refractivity contribution < 1.29 is 13.2 Å². The maximum absolute atomic E-state index is 12.3. The Balaban J connectivity index is 1.39. The summed E-state index contributed by atoms with van der Waals surface area (Å²) >= 11 is 0. The molecule has 0 aliphatic carbocycles. The summed E-state index contributed by atoms with van der Waals surface area (Å²) in [4.78, 5) is 5.10. The van der Waals surface area contributed by atoms with Crippen molar-refractivity contribution in [3.8, 4) is 0 Å². The van der Waals surface area contributed by atoms with Gasteiger partial charge in [-0.05, 0) is 43.4 Å². The summed E-state index contributed by atoms with van der Waals surface area (Å²) in [6.07, 6.45) is 13.7. The summed E-state index contributed by atoms with van der Waals surface area (Å²) < 4.78 is 39.1. The minimum atomic E-state index is -4.02. The van der Waals surface area contributed by atoms with Gasteiger partial charge in [0.05, 0.1) is 16.6 Å². The Morgan fingerprint density at radius 1 is 0.750 bits per heavy atom. The molecule has 0 unspecified atom stereocenters. The molecule has 1 N–H and O–H groups in total. The fourth-order valence-electron chi connectivity index (χ4n) is 5.75. The predicted octanol–water partition coefficient (Wildman–Crippen LogP) is 10.9. The van der Waals surface area contributed by atoms with Crippen molar-refractivity contribution >= 4 is 32.7 Å². The van der Waals surface area contributed by atoms with E-state index >= 15 is 0 Å². The molecule has 2 heterocycles. The Hall–Kier alpha value is -2.76. The van der Waals surface area contributed by atoms with E-state index in [1.165, 1.54) is 49.5 Å². The van der Waals surface area contributed by atoms with Crippen molar-refractivity contribution in [2.24, 2.45) is 0 Å². The second kappa shape index (κ2) is 15.3.